The SMILES string of the molecule is Cc1nnsc1C(=O)Nc1cnc(Cl)c(Br)c1. The predicted octanol–water partition coefficient (Wildman–Crippen LogP) is 2.91. The molecule has 88 valence electrons. The van der Waals surface area contributed by atoms with Gasteiger partial charge >= 0.3 is 0 Å². The number of rotatable bonds is 2. The van der Waals surface area contributed by atoms with E-state index in [1.165, 1.54) is 6.20 Å². The Kier molecular flexibility index (Phi) is 3.70. The molecular formula is C9H6BrClN4OS. The van der Waals surface area contributed by atoms with Crippen molar-refractivity contribution < 1.29 is 4.79 Å². The Morgan fingerprint density at radius 2 is 2.35 bits per heavy atom. The first-order valence-corrected chi connectivity index (χ1v) is 6.43. The number of halogens is 2. The summed E-state index contributed by atoms with van der Waals surface area (Å²) in [5.74, 6) is -0.256. The van der Waals surface area contributed by atoms with Crippen molar-refractivity contribution in [2.45, 2.75) is 6.92 Å². The van der Waals surface area contributed by atoms with E-state index in [9.17, 15) is 4.79 Å². The Hall–Kier alpha value is -1.05. The second kappa shape index (κ2) is 5.07. The molecule has 17 heavy (non-hydrogen) atoms. The summed E-state index contributed by atoms with van der Waals surface area (Å²) in [6.07, 6.45) is 1.48. The number of hydrogen-bond donors (Lipinski definition) is 1. The summed E-state index contributed by atoms with van der Waals surface area (Å²) in [6.45, 7) is 1.73. The standard InChI is InChI=1S/C9H6BrClN4OS/c1-4-7(17-15-14-4)9(16)13-5-2-6(10)8(11)12-3-5/h2-3H,1H3,(H,13,16). The van der Waals surface area contributed by atoms with Gasteiger partial charge in [-0.1, -0.05) is 16.1 Å². The van der Waals surface area contributed by atoms with Crippen molar-refractivity contribution in [2.75, 3.05) is 5.32 Å². The van der Waals surface area contributed by atoms with Crippen LogP contribution < -0.4 is 5.32 Å². The van der Waals surface area contributed by atoms with Crippen LogP contribution in [0.4, 0.5) is 5.69 Å². The molecule has 0 spiro atoms. The molecule has 0 atom stereocenters. The number of aromatic nitrogens is 3. The molecule has 2 rings (SSSR count). The van der Waals surface area contributed by atoms with Gasteiger partial charge in [0, 0.05) is 0 Å². The number of hydrogen-bond acceptors (Lipinski definition) is 5. The fourth-order valence-corrected chi connectivity index (χ4v) is 2.12. The van der Waals surface area contributed by atoms with Crippen LogP contribution in [0.15, 0.2) is 16.7 Å². The van der Waals surface area contributed by atoms with Gasteiger partial charge in [-0.05, 0) is 40.5 Å². The van der Waals surface area contributed by atoms with E-state index in [1.54, 1.807) is 13.0 Å². The monoisotopic (exact) mass is 332 g/mol. The molecule has 0 aliphatic carbocycles. The van der Waals surface area contributed by atoms with E-state index in [2.05, 4.69) is 35.8 Å². The van der Waals surface area contributed by atoms with E-state index in [0.29, 0.717) is 25.9 Å². The van der Waals surface area contributed by atoms with Gasteiger partial charge in [0.05, 0.1) is 22.1 Å². The Labute approximate surface area is 115 Å². The van der Waals surface area contributed by atoms with Crippen LogP contribution in [-0.4, -0.2) is 20.5 Å². The van der Waals surface area contributed by atoms with Gasteiger partial charge < -0.3 is 5.32 Å². The maximum Gasteiger partial charge on any atom is 0.269 e. The van der Waals surface area contributed by atoms with Crippen LogP contribution in [0.3, 0.4) is 0 Å². The van der Waals surface area contributed by atoms with Crippen LogP contribution >= 0.6 is 39.1 Å². The van der Waals surface area contributed by atoms with Gasteiger partial charge in [-0.2, -0.15) is 0 Å². The zero-order chi connectivity index (χ0) is 12.4. The molecule has 0 saturated carbocycles. The topological polar surface area (TPSA) is 67.8 Å². The van der Waals surface area contributed by atoms with Crippen molar-refractivity contribution >= 4 is 50.7 Å². The normalized spacial score (nSPS) is 10.3. The van der Waals surface area contributed by atoms with Crippen LogP contribution in [0.2, 0.25) is 5.15 Å². The smallest absolute Gasteiger partial charge is 0.269 e. The molecular weight excluding hydrogens is 328 g/mol. The molecule has 0 aliphatic rings. The minimum atomic E-state index is -0.256. The van der Waals surface area contributed by atoms with E-state index in [-0.39, 0.29) is 5.91 Å². The maximum absolute atomic E-state index is 11.8. The van der Waals surface area contributed by atoms with Crippen LogP contribution in [0.5, 0.6) is 0 Å². The highest BCUT2D eigenvalue weighted by Gasteiger charge is 2.13. The second-order valence-corrected chi connectivity index (χ2v) is 5.10. The molecule has 8 heteroatoms. The maximum atomic E-state index is 11.8. The fourth-order valence-electron chi connectivity index (χ4n) is 1.12. The highest BCUT2D eigenvalue weighted by atomic mass is 79.9. The van der Waals surface area contributed by atoms with E-state index in [1.807, 2.05) is 0 Å². The van der Waals surface area contributed by atoms with Crippen molar-refractivity contribution in [2.24, 2.45) is 0 Å². The molecule has 0 unspecified atom stereocenters. The van der Waals surface area contributed by atoms with Gasteiger partial charge in [0.1, 0.15) is 10.0 Å². The molecule has 0 bridgehead atoms. The van der Waals surface area contributed by atoms with Gasteiger partial charge in [-0.25, -0.2) is 4.98 Å². The van der Waals surface area contributed by atoms with Gasteiger partial charge in [0.15, 0.2) is 0 Å². The largest absolute Gasteiger partial charge is 0.320 e. The average Bonchev–Trinajstić information content (AvgIpc) is 2.70. The van der Waals surface area contributed by atoms with E-state index < -0.39 is 0 Å². The molecule has 0 fully saturated rings. The lowest BCUT2D eigenvalue weighted by Crippen LogP contribution is -2.11. The van der Waals surface area contributed by atoms with Crippen molar-refractivity contribution in [3.63, 3.8) is 0 Å². The molecule has 2 aromatic rings. The van der Waals surface area contributed by atoms with Crippen LogP contribution in [0.1, 0.15) is 15.4 Å². The zero-order valence-electron chi connectivity index (χ0n) is 8.57. The van der Waals surface area contributed by atoms with Crippen LogP contribution in [-0.2, 0) is 0 Å². The number of carbonyl (C=O) groups excluding carboxylic acids is 1. The minimum Gasteiger partial charge on any atom is -0.320 e. The summed E-state index contributed by atoms with van der Waals surface area (Å²) in [4.78, 5) is 16.2. The lowest BCUT2D eigenvalue weighted by Gasteiger charge is -2.04. The molecule has 1 amide bonds. The van der Waals surface area contributed by atoms with E-state index in [0.717, 1.165) is 11.5 Å². The molecule has 0 saturated heterocycles. The van der Waals surface area contributed by atoms with Crippen LogP contribution in [0.25, 0.3) is 0 Å². The number of carbonyl (C=O) groups is 1. The summed E-state index contributed by atoms with van der Waals surface area (Å²) in [6, 6.07) is 1.68. The predicted molar refractivity (Wildman–Crippen MR) is 69.5 cm³/mol. The zero-order valence-corrected chi connectivity index (χ0v) is 11.7. The number of aryl methyl sites for hydroxylation is 1. The first-order chi connectivity index (χ1) is 8.08. The Morgan fingerprint density at radius 1 is 1.59 bits per heavy atom. The van der Waals surface area contributed by atoms with Gasteiger partial charge in [-0.15, -0.1) is 5.10 Å². The molecule has 1 N–H and O–H groups in total. The fraction of sp³-hybridized carbons (Fsp3) is 0.111. The quantitative estimate of drug-likeness (QED) is 0.858. The average molecular weight is 334 g/mol. The van der Waals surface area contributed by atoms with Gasteiger partial charge in [0.2, 0.25) is 0 Å². The Morgan fingerprint density at radius 3 is 2.94 bits per heavy atom. The molecule has 2 aromatic heterocycles. The highest BCUT2D eigenvalue weighted by molar-refractivity contribution is 9.10. The van der Waals surface area contributed by atoms with Gasteiger partial charge in [0.25, 0.3) is 5.91 Å². The number of nitrogens with zero attached hydrogens (tertiary/aromatic N) is 3. The van der Waals surface area contributed by atoms with Crippen molar-refractivity contribution in [3.05, 3.63) is 32.5 Å². The van der Waals surface area contributed by atoms with E-state index >= 15 is 0 Å². The highest BCUT2D eigenvalue weighted by Crippen LogP contribution is 2.23. The Balaban J connectivity index is 2.19. The lowest BCUT2D eigenvalue weighted by molar-refractivity contribution is 0.103. The lowest BCUT2D eigenvalue weighted by atomic mass is 10.3. The summed E-state index contributed by atoms with van der Waals surface area (Å²) in [5, 5.41) is 6.81. The number of amides is 1. The first kappa shape index (κ1) is 12.4. The van der Waals surface area contributed by atoms with Crippen molar-refractivity contribution in [3.8, 4) is 0 Å². The number of nitrogens with one attached hydrogen (secondary N) is 1. The Bertz CT molecular complexity index is 574. The molecule has 5 nitrogen and oxygen atoms in total. The molecule has 0 radical (unpaired) electrons. The summed E-state index contributed by atoms with van der Waals surface area (Å²) in [5.41, 5.74) is 1.16. The second-order valence-electron chi connectivity index (χ2n) is 3.14. The third kappa shape index (κ3) is 2.80. The van der Waals surface area contributed by atoms with E-state index in [4.69, 9.17) is 11.6 Å². The summed E-state index contributed by atoms with van der Waals surface area (Å²) in [7, 11) is 0. The third-order valence-corrected chi connectivity index (χ3v) is 3.87. The first-order valence-electron chi connectivity index (χ1n) is 4.49. The van der Waals surface area contributed by atoms with Crippen LogP contribution in [0, 0.1) is 6.92 Å². The summed E-state index contributed by atoms with van der Waals surface area (Å²) >= 11 is 10.0. The van der Waals surface area contributed by atoms with Gasteiger partial charge in [-0.3, -0.25) is 4.79 Å². The number of pyridine rings is 1. The molecule has 0 aromatic carbocycles. The van der Waals surface area contributed by atoms with Crippen molar-refractivity contribution in [1.29, 1.82) is 0 Å². The molecule has 0 aliphatic heterocycles. The third-order valence-electron chi connectivity index (χ3n) is 1.91. The number of anilines is 1. The minimum absolute atomic E-state index is 0.256. The summed E-state index contributed by atoms with van der Waals surface area (Å²) < 4.78 is 4.32. The van der Waals surface area contributed by atoms with Crippen molar-refractivity contribution in [1.82, 2.24) is 14.6 Å². The molecule has 2 heterocycles.